The van der Waals surface area contributed by atoms with E-state index in [1.54, 1.807) is 12.1 Å². The number of benzene rings is 2. The zero-order chi connectivity index (χ0) is 15.5. The van der Waals surface area contributed by atoms with Crippen LogP contribution >= 0.6 is 15.9 Å². The van der Waals surface area contributed by atoms with Gasteiger partial charge in [0.15, 0.2) is 0 Å². The van der Waals surface area contributed by atoms with Crippen LogP contribution in [0.3, 0.4) is 0 Å². The van der Waals surface area contributed by atoms with Crippen LogP contribution in [0, 0.1) is 5.82 Å². The van der Waals surface area contributed by atoms with Gasteiger partial charge in [0.05, 0.1) is 11.0 Å². The van der Waals surface area contributed by atoms with E-state index in [4.69, 9.17) is 0 Å². The number of hydrogen-bond acceptors (Lipinski definition) is 2. The van der Waals surface area contributed by atoms with Crippen molar-refractivity contribution in [2.24, 2.45) is 0 Å². The van der Waals surface area contributed by atoms with E-state index < -0.39 is 11.7 Å². The van der Waals surface area contributed by atoms with Gasteiger partial charge in [0.25, 0.3) is 5.91 Å². The summed E-state index contributed by atoms with van der Waals surface area (Å²) < 4.78 is 14.3. The Bertz CT molecular complexity index is 840. The number of nitrogens with one attached hydrogen (secondary N) is 2. The van der Waals surface area contributed by atoms with E-state index in [1.165, 1.54) is 18.2 Å². The first-order valence-electron chi connectivity index (χ1n) is 6.51. The van der Waals surface area contributed by atoms with Gasteiger partial charge in [0.1, 0.15) is 5.82 Å². The lowest BCUT2D eigenvalue weighted by atomic mass is 10.2. The van der Waals surface area contributed by atoms with Crippen molar-refractivity contribution in [3.8, 4) is 0 Å². The van der Waals surface area contributed by atoms with Gasteiger partial charge in [-0.05, 0) is 36.4 Å². The first-order valence-corrected chi connectivity index (χ1v) is 7.30. The summed E-state index contributed by atoms with van der Waals surface area (Å²) in [6.07, 6.45) is 2.68. The Hall–Kier alpha value is -2.47. The molecule has 3 rings (SSSR count). The van der Waals surface area contributed by atoms with Gasteiger partial charge < -0.3 is 4.98 Å². The molecule has 0 unspecified atom stereocenters. The van der Waals surface area contributed by atoms with Gasteiger partial charge in [-0.1, -0.05) is 28.1 Å². The number of carbonyl (C=O) groups is 1. The molecule has 4 nitrogen and oxygen atoms in total. The highest BCUT2D eigenvalue weighted by Gasteiger charge is 2.05. The van der Waals surface area contributed by atoms with Crippen LogP contribution in [0.2, 0.25) is 0 Å². The number of carbonyl (C=O) groups excluding carboxylic acids is 1. The number of imidazole rings is 1. The fraction of sp³-hybridized carbons (Fsp3) is 0. The first kappa shape index (κ1) is 14.5. The van der Waals surface area contributed by atoms with Gasteiger partial charge in [0.2, 0.25) is 5.95 Å². The van der Waals surface area contributed by atoms with Crippen LogP contribution in [0.5, 0.6) is 0 Å². The van der Waals surface area contributed by atoms with Crippen molar-refractivity contribution >= 4 is 44.9 Å². The molecule has 0 bridgehead atoms. The molecule has 3 aromatic rings. The third-order valence-corrected chi connectivity index (χ3v) is 3.50. The number of hydrogen-bond donors (Lipinski definition) is 2. The Morgan fingerprint density at radius 2 is 2.09 bits per heavy atom. The minimum atomic E-state index is -0.393. The quantitative estimate of drug-likeness (QED) is 0.691. The van der Waals surface area contributed by atoms with Gasteiger partial charge in [-0.2, -0.15) is 0 Å². The van der Waals surface area contributed by atoms with Gasteiger partial charge >= 0.3 is 0 Å². The second-order valence-corrected chi connectivity index (χ2v) is 5.51. The molecule has 110 valence electrons. The maximum Gasteiger partial charge on any atom is 0.250 e. The van der Waals surface area contributed by atoms with E-state index in [9.17, 15) is 9.18 Å². The topological polar surface area (TPSA) is 57.8 Å². The smallest absolute Gasteiger partial charge is 0.250 e. The van der Waals surface area contributed by atoms with E-state index in [0.29, 0.717) is 11.5 Å². The summed E-state index contributed by atoms with van der Waals surface area (Å²) in [6, 6.07) is 12.0. The molecule has 6 heteroatoms. The van der Waals surface area contributed by atoms with Gasteiger partial charge in [0, 0.05) is 16.1 Å². The largest absolute Gasteiger partial charge is 0.324 e. The van der Waals surface area contributed by atoms with Crippen molar-refractivity contribution < 1.29 is 9.18 Å². The molecule has 1 aromatic heterocycles. The highest BCUT2D eigenvalue weighted by Crippen LogP contribution is 2.17. The van der Waals surface area contributed by atoms with Crippen molar-refractivity contribution in [3.63, 3.8) is 0 Å². The Kier molecular flexibility index (Phi) is 4.02. The molecule has 0 saturated heterocycles. The maximum absolute atomic E-state index is 13.6. The third kappa shape index (κ3) is 3.23. The van der Waals surface area contributed by atoms with Crippen LogP contribution in [0.1, 0.15) is 5.56 Å². The lowest BCUT2D eigenvalue weighted by molar-refractivity contribution is -0.111. The minimum Gasteiger partial charge on any atom is -0.324 e. The van der Waals surface area contributed by atoms with E-state index in [0.717, 1.165) is 15.5 Å². The highest BCUT2D eigenvalue weighted by molar-refractivity contribution is 9.10. The first-order chi connectivity index (χ1) is 10.6. The molecule has 0 atom stereocenters. The molecule has 0 fully saturated rings. The second kappa shape index (κ2) is 6.11. The summed E-state index contributed by atoms with van der Waals surface area (Å²) in [6.45, 7) is 0. The lowest BCUT2D eigenvalue weighted by Crippen LogP contribution is -2.08. The van der Waals surface area contributed by atoms with E-state index >= 15 is 0 Å². The number of aromatic nitrogens is 2. The fourth-order valence-electron chi connectivity index (χ4n) is 1.98. The molecule has 1 amide bonds. The summed E-state index contributed by atoms with van der Waals surface area (Å²) in [5.41, 5.74) is 1.92. The predicted octanol–water partition coefficient (Wildman–Crippen LogP) is 4.12. The number of H-pyrrole nitrogens is 1. The molecule has 0 aliphatic carbocycles. The SMILES string of the molecule is O=C(/C=C/c1cc(Br)ccc1F)Nc1nc2ccccc2[nH]1. The number of anilines is 1. The fourth-order valence-corrected chi connectivity index (χ4v) is 2.36. The van der Waals surface area contributed by atoms with Crippen LogP contribution in [0.25, 0.3) is 17.1 Å². The Morgan fingerprint density at radius 3 is 2.91 bits per heavy atom. The average Bonchev–Trinajstić information content (AvgIpc) is 2.90. The molecule has 0 aliphatic heterocycles. The molecule has 1 heterocycles. The lowest BCUT2D eigenvalue weighted by Gasteiger charge is -1.98. The van der Waals surface area contributed by atoms with E-state index in [2.05, 4.69) is 31.2 Å². The predicted molar refractivity (Wildman–Crippen MR) is 87.9 cm³/mol. The van der Waals surface area contributed by atoms with E-state index in [-0.39, 0.29) is 0 Å². The summed E-state index contributed by atoms with van der Waals surface area (Å²) in [5.74, 6) is -0.431. The molecule has 0 spiro atoms. The molecular weight excluding hydrogens is 349 g/mol. The summed E-state index contributed by atoms with van der Waals surface area (Å²) >= 11 is 3.26. The van der Waals surface area contributed by atoms with Gasteiger partial charge in [-0.25, -0.2) is 9.37 Å². The van der Waals surface area contributed by atoms with Crippen molar-refractivity contribution in [1.29, 1.82) is 0 Å². The van der Waals surface area contributed by atoms with Crippen LogP contribution in [0.4, 0.5) is 10.3 Å². The third-order valence-electron chi connectivity index (χ3n) is 3.00. The second-order valence-electron chi connectivity index (χ2n) is 4.59. The number of amides is 1. The molecule has 0 saturated carbocycles. The zero-order valence-electron chi connectivity index (χ0n) is 11.3. The highest BCUT2D eigenvalue weighted by atomic mass is 79.9. The Labute approximate surface area is 134 Å². The Balaban J connectivity index is 1.74. The molecule has 2 aromatic carbocycles. The zero-order valence-corrected chi connectivity index (χ0v) is 12.9. The molecule has 0 radical (unpaired) electrons. The standard InChI is InChI=1S/C16H11BrFN3O/c17-11-6-7-12(18)10(9-11)5-8-15(22)21-16-19-13-3-1-2-4-14(13)20-16/h1-9H,(H2,19,20,21,22)/b8-5+. The van der Waals surface area contributed by atoms with Crippen molar-refractivity contribution in [1.82, 2.24) is 9.97 Å². The van der Waals surface area contributed by atoms with Gasteiger partial charge in [-0.3, -0.25) is 10.1 Å². The van der Waals surface area contributed by atoms with Crippen LogP contribution in [-0.4, -0.2) is 15.9 Å². The van der Waals surface area contributed by atoms with Crippen LogP contribution in [0.15, 0.2) is 53.0 Å². The summed E-state index contributed by atoms with van der Waals surface area (Å²) in [5, 5.41) is 2.61. The van der Waals surface area contributed by atoms with Crippen molar-refractivity contribution in [2.45, 2.75) is 0 Å². The number of halogens is 2. The molecular formula is C16H11BrFN3O. The summed E-state index contributed by atoms with van der Waals surface area (Å²) in [7, 11) is 0. The molecule has 2 N–H and O–H groups in total. The van der Waals surface area contributed by atoms with Crippen molar-refractivity contribution in [3.05, 3.63) is 64.4 Å². The molecule has 0 aliphatic rings. The van der Waals surface area contributed by atoms with Crippen molar-refractivity contribution in [2.75, 3.05) is 5.32 Å². The monoisotopic (exact) mass is 359 g/mol. The number of aromatic amines is 1. The summed E-state index contributed by atoms with van der Waals surface area (Å²) in [4.78, 5) is 19.1. The minimum absolute atomic E-state index is 0.328. The molecule has 22 heavy (non-hydrogen) atoms. The van der Waals surface area contributed by atoms with Crippen LogP contribution in [-0.2, 0) is 4.79 Å². The number of fused-ring (bicyclic) bond motifs is 1. The van der Waals surface area contributed by atoms with Gasteiger partial charge in [-0.15, -0.1) is 0 Å². The number of para-hydroxylation sites is 2. The number of rotatable bonds is 3. The average molecular weight is 360 g/mol. The van der Waals surface area contributed by atoms with Crippen LogP contribution < -0.4 is 5.32 Å². The normalized spacial score (nSPS) is 11.2. The number of nitrogens with zero attached hydrogens (tertiary/aromatic N) is 1. The Morgan fingerprint density at radius 1 is 1.27 bits per heavy atom. The maximum atomic E-state index is 13.6. The van der Waals surface area contributed by atoms with E-state index in [1.807, 2.05) is 24.3 Å².